The van der Waals surface area contributed by atoms with E-state index in [1.807, 2.05) is 73.0 Å². The number of halogens is 2. The maximum atomic E-state index is 12.7. The van der Waals surface area contributed by atoms with Crippen LogP contribution in [-0.2, 0) is 4.79 Å². The second-order valence-corrected chi connectivity index (χ2v) is 11.8. The van der Waals surface area contributed by atoms with Crippen LogP contribution in [0.1, 0.15) is 21.5 Å². The van der Waals surface area contributed by atoms with Crippen molar-refractivity contribution in [3.8, 4) is 22.8 Å². The summed E-state index contributed by atoms with van der Waals surface area (Å²) in [7, 11) is 1.50. The van der Waals surface area contributed by atoms with Crippen LogP contribution in [0.5, 0.6) is 11.5 Å². The lowest BCUT2D eigenvalue weighted by molar-refractivity contribution is -0.118. The van der Waals surface area contributed by atoms with E-state index in [-0.39, 0.29) is 18.4 Å². The normalized spacial score (nSPS) is 10.8. The molecule has 0 unspecified atom stereocenters. The highest BCUT2D eigenvalue weighted by Crippen LogP contribution is 2.36. The maximum absolute atomic E-state index is 12.7. The van der Waals surface area contributed by atoms with Crippen LogP contribution in [0.15, 0.2) is 99.9 Å². The number of benzene rings is 4. The van der Waals surface area contributed by atoms with Gasteiger partial charge >= 0.3 is 0 Å². The average Bonchev–Trinajstić information content (AvgIpc) is 3.50. The quantitative estimate of drug-likeness (QED) is 0.0947. The van der Waals surface area contributed by atoms with E-state index in [1.54, 1.807) is 24.3 Å². The van der Waals surface area contributed by atoms with Gasteiger partial charge in [0.25, 0.3) is 11.8 Å². The first-order valence-corrected chi connectivity index (χ1v) is 15.6. The minimum absolute atomic E-state index is 0.213. The zero-order chi connectivity index (χ0) is 31.8. The van der Waals surface area contributed by atoms with Gasteiger partial charge in [-0.15, -0.1) is 11.3 Å². The Hall–Kier alpha value is -4.71. The molecule has 1 aromatic heterocycles. The Bertz CT molecular complexity index is 1850. The van der Waals surface area contributed by atoms with Gasteiger partial charge in [0.2, 0.25) is 0 Å². The van der Waals surface area contributed by atoms with Gasteiger partial charge in [0.05, 0.1) is 23.5 Å². The first kappa shape index (κ1) is 31.7. The summed E-state index contributed by atoms with van der Waals surface area (Å²) in [4.78, 5) is 29.7. The standard InChI is InChI=1S/C33H27BrClN5O4S/c1-20-4-3-5-26(14-20)37-30(41)18-44-31-27(34)15-21(16-29(31)43-2)17-36-40-32(42)23-8-6-22(7-9-23)28-19-45-33(39-28)38-25-12-10-24(35)11-13-25/h3-17,19H,18H2,1-2H3,(H,37,41)(H,38,39)(H,40,42)/b36-17-. The molecule has 1 heterocycles. The minimum Gasteiger partial charge on any atom is -0.493 e. The summed E-state index contributed by atoms with van der Waals surface area (Å²) >= 11 is 10.9. The predicted octanol–water partition coefficient (Wildman–Crippen LogP) is 8.07. The van der Waals surface area contributed by atoms with Crippen LogP contribution in [0.4, 0.5) is 16.5 Å². The molecule has 0 atom stereocenters. The Morgan fingerprint density at radius 2 is 1.80 bits per heavy atom. The maximum Gasteiger partial charge on any atom is 0.271 e. The Kier molecular flexibility index (Phi) is 10.5. The molecule has 45 heavy (non-hydrogen) atoms. The molecule has 0 aliphatic carbocycles. The first-order valence-electron chi connectivity index (χ1n) is 13.6. The molecule has 0 aliphatic rings. The van der Waals surface area contributed by atoms with Gasteiger partial charge in [0.1, 0.15) is 0 Å². The van der Waals surface area contributed by atoms with E-state index in [1.165, 1.54) is 24.7 Å². The third kappa shape index (κ3) is 8.69. The number of methoxy groups -OCH3 is 1. The van der Waals surface area contributed by atoms with E-state index in [2.05, 4.69) is 42.1 Å². The van der Waals surface area contributed by atoms with Crippen LogP contribution in [0, 0.1) is 6.92 Å². The SMILES string of the molecule is COc1cc(/C=N\NC(=O)c2ccc(-c3csc(Nc4ccc(Cl)cc4)n3)cc2)cc(Br)c1OCC(=O)Nc1cccc(C)c1. The summed E-state index contributed by atoms with van der Waals surface area (Å²) in [6.45, 7) is 1.74. The van der Waals surface area contributed by atoms with Crippen LogP contribution in [0.3, 0.4) is 0 Å². The number of hydrazone groups is 1. The molecule has 0 spiro atoms. The van der Waals surface area contributed by atoms with Gasteiger partial charge in [-0.1, -0.05) is 35.9 Å². The predicted molar refractivity (Wildman–Crippen MR) is 183 cm³/mol. The van der Waals surface area contributed by atoms with Crippen molar-refractivity contribution in [2.45, 2.75) is 6.92 Å². The smallest absolute Gasteiger partial charge is 0.271 e. The highest BCUT2D eigenvalue weighted by Gasteiger charge is 2.14. The number of thiazole rings is 1. The van der Waals surface area contributed by atoms with Crippen molar-refractivity contribution in [2.75, 3.05) is 24.4 Å². The Balaban J connectivity index is 1.15. The van der Waals surface area contributed by atoms with E-state index in [4.69, 9.17) is 21.1 Å². The third-order valence-electron chi connectivity index (χ3n) is 6.32. The van der Waals surface area contributed by atoms with Crippen molar-refractivity contribution in [1.82, 2.24) is 10.4 Å². The van der Waals surface area contributed by atoms with E-state index < -0.39 is 0 Å². The summed E-state index contributed by atoms with van der Waals surface area (Å²) in [5.74, 6) is 0.0843. The first-order chi connectivity index (χ1) is 21.8. The molecule has 12 heteroatoms. The molecular weight excluding hydrogens is 678 g/mol. The van der Waals surface area contributed by atoms with Crippen molar-refractivity contribution in [1.29, 1.82) is 0 Å². The molecule has 4 aromatic carbocycles. The Labute approximate surface area is 277 Å². The van der Waals surface area contributed by atoms with Gasteiger partial charge in [0.15, 0.2) is 23.2 Å². The third-order valence-corrected chi connectivity index (χ3v) is 7.92. The zero-order valence-corrected chi connectivity index (χ0v) is 27.3. The fourth-order valence-corrected chi connectivity index (χ4v) is 5.59. The number of rotatable bonds is 11. The largest absolute Gasteiger partial charge is 0.493 e. The molecule has 0 saturated carbocycles. The highest BCUT2D eigenvalue weighted by molar-refractivity contribution is 9.10. The lowest BCUT2D eigenvalue weighted by atomic mass is 10.1. The van der Waals surface area contributed by atoms with Crippen molar-refractivity contribution in [3.05, 3.63) is 116 Å². The number of aromatic nitrogens is 1. The van der Waals surface area contributed by atoms with Crippen LogP contribution >= 0.6 is 38.9 Å². The van der Waals surface area contributed by atoms with Crippen LogP contribution in [-0.4, -0.2) is 36.7 Å². The van der Waals surface area contributed by atoms with Crippen molar-refractivity contribution >= 4 is 73.4 Å². The lowest BCUT2D eigenvalue weighted by Crippen LogP contribution is -2.20. The monoisotopic (exact) mass is 703 g/mol. The van der Waals surface area contributed by atoms with Gasteiger partial charge in [-0.3, -0.25) is 9.59 Å². The second kappa shape index (κ2) is 14.8. The number of anilines is 3. The summed E-state index contributed by atoms with van der Waals surface area (Å²) in [5, 5.41) is 13.5. The molecule has 0 bridgehead atoms. The van der Waals surface area contributed by atoms with E-state index in [0.29, 0.717) is 37.8 Å². The van der Waals surface area contributed by atoms with Crippen LogP contribution in [0.2, 0.25) is 5.02 Å². The number of hydrogen-bond acceptors (Lipinski definition) is 8. The number of carbonyl (C=O) groups excluding carboxylic acids is 2. The number of carbonyl (C=O) groups is 2. The lowest BCUT2D eigenvalue weighted by Gasteiger charge is -2.13. The number of nitrogens with zero attached hydrogens (tertiary/aromatic N) is 2. The Morgan fingerprint density at radius 1 is 1.02 bits per heavy atom. The molecule has 3 N–H and O–H groups in total. The number of aryl methyl sites for hydroxylation is 1. The van der Waals surface area contributed by atoms with Crippen molar-refractivity contribution in [3.63, 3.8) is 0 Å². The summed E-state index contributed by atoms with van der Waals surface area (Å²) in [6.07, 6.45) is 1.48. The van der Waals surface area contributed by atoms with Gasteiger partial charge in [-0.2, -0.15) is 5.10 Å². The molecular formula is C33H27BrClN5O4S. The summed E-state index contributed by atoms with van der Waals surface area (Å²) in [5.41, 5.74) is 7.90. The van der Waals surface area contributed by atoms with Crippen LogP contribution in [0.25, 0.3) is 11.3 Å². The zero-order valence-electron chi connectivity index (χ0n) is 24.1. The molecule has 5 aromatic rings. The molecule has 0 saturated heterocycles. The Morgan fingerprint density at radius 3 is 2.53 bits per heavy atom. The molecule has 5 rings (SSSR count). The molecule has 2 amide bonds. The van der Waals surface area contributed by atoms with E-state index in [9.17, 15) is 9.59 Å². The topological polar surface area (TPSA) is 114 Å². The number of amides is 2. The van der Waals surface area contributed by atoms with Crippen LogP contribution < -0.4 is 25.5 Å². The fourth-order valence-electron chi connectivity index (χ4n) is 4.15. The molecule has 0 aliphatic heterocycles. The highest BCUT2D eigenvalue weighted by atomic mass is 79.9. The molecule has 0 fully saturated rings. The minimum atomic E-state index is -0.369. The molecule has 9 nitrogen and oxygen atoms in total. The summed E-state index contributed by atoms with van der Waals surface area (Å²) in [6, 6.07) is 25.4. The fraction of sp³-hybridized carbons (Fsp3) is 0.0909. The van der Waals surface area contributed by atoms with Gasteiger partial charge < -0.3 is 20.1 Å². The number of ether oxygens (including phenoxy) is 2. The molecule has 0 radical (unpaired) electrons. The van der Waals surface area contributed by atoms with Gasteiger partial charge in [-0.05, 0) is 94.6 Å². The van der Waals surface area contributed by atoms with Gasteiger partial charge in [0, 0.05) is 32.9 Å². The second-order valence-electron chi connectivity index (χ2n) is 9.69. The van der Waals surface area contributed by atoms with Crippen molar-refractivity contribution < 1.29 is 19.1 Å². The van der Waals surface area contributed by atoms with Gasteiger partial charge in [-0.25, -0.2) is 10.4 Å². The number of hydrogen-bond donors (Lipinski definition) is 3. The average molecular weight is 705 g/mol. The molecule has 228 valence electrons. The van der Waals surface area contributed by atoms with E-state index in [0.717, 1.165) is 27.6 Å². The number of nitrogens with one attached hydrogen (secondary N) is 3. The van der Waals surface area contributed by atoms with E-state index >= 15 is 0 Å². The van der Waals surface area contributed by atoms with Crippen molar-refractivity contribution in [2.24, 2.45) is 5.10 Å². The summed E-state index contributed by atoms with van der Waals surface area (Å²) < 4.78 is 11.8.